The first-order valence-electron chi connectivity index (χ1n) is 10.8. The fourth-order valence-electron chi connectivity index (χ4n) is 5.00. The minimum atomic E-state index is -0.534. The average molecular weight is 418 g/mol. The van der Waals surface area contributed by atoms with Crippen molar-refractivity contribution in [2.45, 2.75) is 45.1 Å². The van der Waals surface area contributed by atoms with Crippen LogP contribution in [0.1, 0.15) is 57.8 Å². The topological polar surface area (TPSA) is 77.3 Å². The number of aryl methyl sites for hydroxylation is 3. The lowest BCUT2D eigenvalue weighted by atomic mass is 9.84. The van der Waals surface area contributed by atoms with E-state index in [1.807, 2.05) is 56.1 Å². The molecule has 1 fully saturated rings. The van der Waals surface area contributed by atoms with Crippen molar-refractivity contribution >= 4 is 22.7 Å². The Balaban J connectivity index is 1.43. The van der Waals surface area contributed by atoms with E-state index in [1.54, 1.807) is 4.68 Å². The number of fused-ring (bicyclic) bond motifs is 2. The van der Waals surface area contributed by atoms with Gasteiger partial charge in [0.25, 0.3) is 5.91 Å². The number of carbonyl (C=O) groups excluding carboxylic acids is 2. The van der Waals surface area contributed by atoms with Gasteiger partial charge in [-0.1, -0.05) is 12.1 Å². The lowest BCUT2D eigenvalue weighted by Crippen LogP contribution is -2.43. The van der Waals surface area contributed by atoms with Crippen LogP contribution in [0.25, 0.3) is 11.0 Å². The molecule has 7 nitrogen and oxygen atoms in total. The summed E-state index contributed by atoms with van der Waals surface area (Å²) in [5.74, 6) is 0.779. The summed E-state index contributed by atoms with van der Waals surface area (Å²) >= 11 is 0. The molecule has 1 saturated heterocycles. The second kappa shape index (κ2) is 7.18. The molecule has 0 radical (unpaired) electrons. The maximum absolute atomic E-state index is 13.6. The van der Waals surface area contributed by atoms with Gasteiger partial charge in [0, 0.05) is 32.3 Å². The van der Waals surface area contributed by atoms with E-state index in [0.29, 0.717) is 42.8 Å². The molecular weight excluding hydrogens is 392 g/mol. The third-order valence-electron chi connectivity index (χ3n) is 6.51. The normalized spacial score (nSPS) is 21.1. The molecular formula is C24H26N4O3. The molecule has 1 unspecified atom stereocenters. The largest absolute Gasteiger partial charge is 0.486 e. The van der Waals surface area contributed by atoms with Crippen molar-refractivity contribution < 1.29 is 14.3 Å². The maximum Gasteiger partial charge on any atom is 0.254 e. The minimum Gasteiger partial charge on any atom is -0.486 e. The molecule has 4 heterocycles. The van der Waals surface area contributed by atoms with E-state index in [2.05, 4.69) is 10.1 Å². The number of para-hydroxylation sites is 1. The van der Waals surface area contributed by atoms with Crippen molar-refractivity contribution in [3.8, 4) is 5.75 Å². The molecule has 0 N–H and O–H groups in total. The number of ether oxygens (including phenoxy) is 1. The lowest BCUT2D eigenvalue weighted by Gasteiger charge is -2.37. The van der Waals surface area contributed by atoms with Gasteiger partial charge in [0.1, 0.15) is 11.4 Å². The molecule has 2 aliphatic heterocycles. The summed E-state index contributed by atoms with van der Waals surface area (Å²) in [4.78, 5) is 32.8. The summed E-state index contributed by atoms with van der Waals surface area (Å²) in [6.45, 7) is 5.00. The van der Waals surface area contributed by atoms with Crippen LogP contribution in [0.3, 0.4) is 0 Å². The molecule has 0 bridgehead atoms. The zero-order valence-corrected chi connectivity index (χ0v) is 18.1. The molecule has 0 saturated carbocycles. The Hall–Kier alpha value is -3.22. The number of nitrogens with zero attached hydrogens (tertiary/aromatic N) is 4. The number of hydrogen-bond acceptors (Lipinski definition) is 5. The first-order chi connectivity index (χ1) is 14.9. The summed E-state index contributed by atoms with van der Waals surface area (Å²) in [6.07, 6.45) is 2.55. The smallest absolute Gasteiger partial charge is 0.254 e. The molecule has 5 rings (SSSR count). The fraction of sp³-hybridized carbons (Fsp3) is 0.417. The predicted octanol–water partition coefficient (Wildman–Crippen LogP) is 3.62. The highest BCUT2D eigenvalue weighted by molar-refractivity contribution is 6.06. The molecule has 3 aromatic rings. The summed E-state index contributed by atoms with van der Waals surface area (Å²) in [6, 6.07) is 9.30. The Labute approximate surface area is 181 Å². The second-order valence-corrected chi connectivity index (χ2v) is 8.75. The zero-order valence-electron chi connectivity index (χ0n) is 18.1. The van der Waals surface area contributed by atoms with Crippen LogP contribution in [0.4, 0.5) is 0 Å². The Bertz CT molecular complexity index is 1210. The van der Waals surface area contributed by atoms with Gasteiger partial charge in [0.15, 0.2) is 11.4 Å². The van der Waals surface area contributed by atoms with Gasteiger partial charge in [-0.2, -0.15) is 5.10 Å². The van der Waals surface area contributed by atoms with Crippen LogP contribution >= 0.6 is 0 Å². The van der Waals surface area contributed by atoms with Gasteiger partial charge < -0.3 is 9.64 Å². The van der Waals surface area contributed by atoms with Crippen molar-refractivity contribution in [2.24, 2.45) is 7.05 Å². The molecule has 7 heteroatoms. The van der Waals surface area contributed by atoms with Gasteiger partial charge in [-0.05, 0) is 44.9 Å². The second-order valence-electron chi connectivity index (χ2n) is 8.75. The summed E-state index contributed by atoms with van der Waals surface area (Å²) in [5, 5.41) is 5.28. The molecule has 2 aromatic heterocycles. The number of amides is 1. The van der Waals surface area contributed by atoms with Crippen LogP contribution in [-0.2, 0) is 7.05 Å². The van der Waals surface area contributed by atoms with Crippen LogP contribution in [0.15, 0.2) is 30.3 Å². The van der Waals surface area contributed by atoms with E-state index in [9.17, 15) is 9.59 Å². The van der Waals surface area contributed by atoms with Crippen molar-refractivity contribution in [1.29, 1.82) is 0 Å². The fourth-order valence-corrected chi connectivity index (χ4v) is 5.00. The summed E-state index contributed by atoms with van der Waals surface area (Å²) in [5.41, 5.74) is 3.10. The molecule has 1 aromatic carbocycles. The van der Waals surface area contributed by atoms with Crippen LogP contribution in [0.2, 0.25) is 0 Å². The van der Waals surface area contributed by atoms with Gasteiger partial charge in [-0.25, -0.2) is 4.98 Å². The number of rotatable bonds is 1. The molecule has 1 amide bonds. The molecule has 0 aliphatic carbocycles. The Kier molecular flexibility index (Phi) is 4.57. The summed E-state index contributed by atoms with van der Waals surface area (Å²) in [7, 11) is 1.85. The quantitative estimate of drug-likeness (QED) is 0.603. The van der Waals surface area contributed by atoms with Crippen molar-refractivity contribution in [1.82, 2.24) is 19.7 Å². The van der Waals surface area contributed by atoms with E-state index >= 15 is 0 Å². The number of hydrogen-bond donors (Lipinski definition) is 0. The number of pyridine rings is 1. The number of carbonyl (C=O) groups is 2. The number of Topliss-reactive ketones (excluding diaryl/α,β-unsaturated/α-hetero) is 1. The van der Waals surface area contributed by atoms with Gasteiger partial charge >= 0.3 is 0 Å². The Morgan fingerprint density at radius 1 is 1.16 bits per heavy atom. The number of likely N-dealkylation sites (tertiary alicyclic amines) is 1. The third-order valence-corrected chi connectivity index (χ3v) is 6.51. The minimum absolute atomic E-state index is 0.00816. The van der Waals surface area contributed by atoms with Crippen LogP contribution < -0.4 is 4.74 Å². The number of aromatic nitrogens is 3. The van der Waals surface area contributed by atoms with Crippen molar-refractivity contribution in [3.05, 3.63) is 52.8 Å². The third kappa shape index (κ3) is 3.28. The van der Waals surface area contributed by atoms with E-state index in [0.717, 1.165) is 35.3 Å². The molecule has 160 valence electrons. The van der Waals surface area contributed by atoms with Gasteiger partial charge in [-0.3, -0.25) is 14.3 Å². The molecule has 31 heavy (non-hydrogen) atoms. The number of ketones is 1. The number of benzene rings is 1. The van der Waals surface area contributed by atoms with E-state index in [4.69, 9.17) is 4.74 Å². The molecule has 1 atom stereocenters. The monoisotopic (exact) mass is 418 g/mol. The summed E-state index contributed by atoms with van der Waals surface area (Å²) < 4.78 is 8.10. The first kappa shape index (κ1) is 19.7. The van der Waals surface area contributed by atoms with E-state index < -0.39 is 5.60 Å². The maximum atomic E-state index is 13.6. The highest BCUT2D eigenvalue weighted by atomic mass is 16.5. The Morgan fingerprint density at radius 3 is 2.81 bits per heavy atom. The van der Waals surface area contributed by atoms with Gasteiger partial charge in [0.2, 0.25) is 0 Å². The Morgan fingerprint density at radius 2 is 1.97 bits per heavy atom. The van der Waals surface area contributed by atoms with E-state index in [-0.39, 0.29) is 11.7 Å². The standard InChI is InChI=1S/C24H26N4O3/c1-15-13-18(21-16(2)26-27(3)22(21)25-15)23(30)28-11-6-9-24(10-12-28)14-19(29)17-7-4-5-8-20(17)31-24/h4-5,7-8,13H,6,9-12,14H2,1-3H3. The lowest BCUT2D eigenvalue weighted by molar-refractivity contribution is 0.0300. The van der Waals surface area contributed by atoms with Crippen molar-refractivity contribution in [3.63, 3.8) is 0 Å². The van der Waals surface area contributed by atoms with E-state index in [1.165, 1.54) is 0 Å². The van der Waals surface area contributed by atoms with Crippen LogP contribution in [-0.4, -0.2) is 50.0 Å². The molecule has 2 aliphatic rings. The van der Waals surface area contributed by atoms with Gasteiger partial charge in [0.05, 0.1) is 28.6 Å². The predicted molar refractivity (Wildman–Crippen MR) is 116 cm³/mol. The van der Waals surface area contributed by atoms with Gasteiger partial charge in [-0.15, -0.1) is 0 Å². The SMILES string of the molecule is Cc1cc(C(=O)N2CCCC3(CC2)CC(=O)c2ccccc2O3)c2c(C)nn(C)c2n1. The average Bonchev–Trinajstić information content (AvgIpc) is 2.90. The molecule has 1 spiro atoms. The van der Waals surface area contributed by atoms with Crippen LogP contribution in [0, 0.1) is 13.8 Å². The highest BCUT2D eigenvalue weighted by Gasteiger charge is 2.42. The zero-order chi connectivity index (χ0) is 21.8. The highest BCUT2D eigenvalue weighted by Crippen LogP contribution is 2.39. The van der Waals surface area contributed by atoms with Crippen molar-refractivity contribution in [2.75, 3.05) is 13.1 Å². The van der Waals surface area contributed by atoms with Crippen LogP contribution in [0.5, 0.6) is 5.75 Å². The first-order valence-corrected chi connectivity index (χ1v) is 10.8.